The first-order chi connectivity index (χ1) is 8.64. The van der Waals surface area contributed by atoms with Crippen molar-refractivity contribution in [2.24, 2.45) is 22.2 Å². The van der Waals surface area contributed by atoms with Crippen LogP contribution in [0.5, 0.6) is 0 Å². The molecule has 4 N–H and O–H groups in total. The van der Waals surface area contributed by atoms with Gasteiger partial charge in [-0.25, -0.2) is 5.84 Å². The van der Waals surface area contributed by atoms with Crippen molar-refractivity contribution in [1.29, 1.82) is 0 Å². The van der Waals surface area contributed by atoms with Crippen molar-refractivity contribution < 1.29 is 4.74 Å². The van der Waals surface area contributed by atoms with Crippen LogP contribution >= 0.6 is 0 Å². The molecule has 0 saturated heterocycles. The van der Waals surface area contributed by atoms with Gasteiger partial charge in [-0.1, -0.05) is 13.8 Å². The van der Waals surface area contributed by atoms with Crippen LogP contribution in [0, 0.1) is 11.3 Å². The highest BCUT2D eigenvalue weighted by Gasteiger charge is 2.45. The maximum atomic E-state index is 5.47. The largest absolute Gasteiger partial charge is 0.382 e. The van der Waals surface area contributed by atoms with E-state index in [-0.39, 0.29) is 0 Å². The molecule has 1 aliphatic rings. The number of guanidine groups is 1. The van der Waals surface area contributed by atoms with Gasteiger partial charge in [0.1, 0.15) is 0 Å². The number of hydrazine groups is 1. The average molecular weight is 256 g/mol. The second-order valence-corrected chi connectivity index (χ2v) is 5.30. The fourth-order valence-corrected chi connectivity index (χ4v) is 1.99. The molecule has 1 aliphatic carbocycles. The molecule has 0 spiro atoms. The average Bonchev–Trinajstić information content (AvgIpc) is 3.14. The molecule has 1 rings (SSSR count). The number of hydrogen-bond acceptors (Lipinski definition) is 3. The molecule has 0 aromatic carbocycles. The molecule has 18 heavy (non-hydrogen) atoms. The smallest absolute Gasteiger partial charge is 0.205 e. The van der Waals surface area contributed by atoms with Gasteiger partial charge >= 0.3 is 0 Å². The summed E-state index contributed by atoms with van der Waals surface area (Å²) in [4.78, 5) is 4.54. The zero-order valence-corrected chi connectivity index (χ0v) is 12.0. The molecule has 0 amide bonds. The first-order valence-corrected chi connectivity index (χ1v) is 6.97. The Labute approximate surface area is 111 Å². The van der Waals surface area contributed by atoms with Crippen molar-refractivity contribution in [3.05, 3.63) is 0 Å². The zero-order valence-electron chi connectivity index (χ0n) is 12.0. The third kappa shape index (κ3) is 4.82. The minimum Gasteiger partial charge on any atom is -0.382 e. The summed E-state index contributed by atoms with van der Waals surface area (Å²) in [5, 5.41) is 3.20. The van der Waals surface area contributed by atoms with Gasteiger partial charge in [0.15, 0.2) is 0 Å². The number of aliphatic imine (C=N–C) groups is 1. The molecule has 1 fully saturated rings. The van der Waals surface area contributed by atoms with Crippen molar-refractivity contribution in [3.8, 4) is 0 Å². The van der Waals surface area contributed by atoms with Gasteiger partial charge in [0.05, 0.1) is 0 Å². The van der Waals surface area contributed by atoms with Crippen molar-refractivity contribution in [2.45, 2.75) is 40.0 Å². The molecule has 0 heterocycles. The van der Waals surface area contributed by atoms with Gasteiger partial charge < -0.3 is 10.1 Å². The highest BCUT2D eigenvalue weighted by molar-refractivity contribution is 5.79. The van der Waals surface area contributed by atoms with Crippen molar-refractivity contribution in [1.82, 2.24) is 10.7 Å². The topological polar surface area (TPSA) is 71.7 Å². The summed E-state index contributed by atoms with van der Waals surface area (Å²) in [5.41, 5.74) is 3.06. The summed E-state index contributed by atoms with van der Waals surface area (Å²) in [7, 11) is 0. The highest BCUT2D eigenvalue weighted by atomic mass is 16.5. The molecule has 0 aromatic rings. The Morgan fingerprint density at radius 2 is 2.17 bits per heavy atom. The number of nitrogens with zero attached hydrogens (tertiary/aromatic N) is 1. The maximum absolute atomic E-state index is 5.47. The van der Waals surface area contributed by atoms with E-state index in [4.69, 9.17) is 10.6 Å². The lowest BCUT2D eigenvalue weighted by atomic mass is 9.93. The monoisotopic (exact) mass is 256 g/mol. The van der Waals surface area contributed by atoms with Crippen LogP contribution in [-0.2, 0) is 4.74 Å². The van der Waals surface area contributed by atoms with E-state index in [9.17, 15) is 0 Å². The fraction of sp³-hybridized carbons (Fsp3) is 0.923. The van der Waals surface area contributed by atoms with Crippen LogP contribution in [0.4, 0.5) is 0 Å². The van der Waals surface area contributed by atoms with E-state index in [1.54, 1.807) is 0 Å². The van der Waals surface area contributed by atoms with E-state index in [2.05, 4.69) is 29.6 Å². The Kier molecular flexibility index (Phi) is 6.43. The predicted octanol–water partition coefficient (Wildman–Crippen LogP) is 1.26. The SMILES string of the molecule is CCOCCCNC(=NCC1(C(C)C)CC1)NN. The van der Waals surface area contributed by atoms with Gasteiger partial charge in [0.2, 0.25) is 5.96 Å². The first kappa shape index (κ1) is 15.2. The predicted molar refractivity (Wildman–Crippen MR) is 75.2 cm³/mol. The molecule has 1 saturated carbocycles. The van der Waals surface area contributed by atoms with Crippen LogP contribution in [0.2, 0.25) is 0 Å². The Morgan fingerprint density at radius 1 is 1.44 bits per heavy atom. The number of rotatable bonds is 8. The van der Waals surface area contributed by atoms with Gasteiger partial charge in [0.25, 0.3) is 0 Å². The van der Waals surface area contributed by atoms with E-state index < -0.39 is 0 Å². The third-order valence-corrected chi connectivity index (χ3v) is 3.77. The van der Waals surface area contributed by atoms with Crippen molar-refractivity contribution >= 4 is 5.96 Å². The fourth-order valence-electron chi connectivity index (χ4n) is 1.99. The van der Waals surface area contributed by atoms with Gasteiger partial charge in [-0.05, 0) is 37.5 Å². The van der Waals surface area contributed by atoms with Gasteiger partial charge in [-0.3, -0.25) is 10.4 Å². The lowest BCUT2D eigenvalue weighted by molar-refractivity contribution is 0.145. The molecular weight excluding hydrogens is 228 g/mol. The second-order valence-electron chi connectivity index (χ2n) is 5.30. The normalized spacial score (nSPS) is 17.9. The van der Waals surface area contributed by atoms with Gasteiger partial charge in [-0.15, -0.1) is 0 Å². The summed E-state index contributed by atoms with van der Waals surface area (Å²) < 4.78 is 5.27. The van der Waals surface area contributed by atoms with E-state index in [1.165, 1.54) is 12.8 Å². The van der Waals surface area contributed by atoms with E-state index in [0.29, 0.717) is 17.3 Å². The first-order valence-electron chi connectivity index (χ1n) is 6.97. The molecule has 0 aromatic heterocycles. The van der Waals surface area contributed by atoms with Gasteiger partial charge in [-0.2, -0.15) is 0 Å². The number of hydrogen-bond donors (Lipinski definition) is 3. The molecule has 0 unspecified atom stereocenters. The summed E-state index contributed by atoms with van der Waals surface area (Å²) in [6.07, 6.45) is 3.54. The maximum Gasteiger partial charge on any atom is 0.205 e. The van der Waals surface area contributed by atoms with Crippen LogP contribution in [0.3, 0.4) is 0 Å². The van der Waals surface area contributed by atoms with Crippen molar-refractivity contribution in [2.75, 3.05) is 26.3 Å². The molecule has 0 bridgehead atoms. The molecule has 0 radical (unpaired) electrons. The van der Waals surface area contributed by atoms with Crippen molar-refractivity contribution in [3.63, 3.8) is 0 Å². The third-order valence-electron chi connectivity index (χ3n) is 3.77. The Bertz CT molecular complexity index is 262. The van der Waals surface area contributed by atoms with E-state index in [1.807, 2.05) is 6.92 Å². The van der Waals surface area contributed by atoms with E-state index in [0.717, 1.165) is 32.7 Å². The second kappa shape index (κ2) is 7.59. The summed E-state index contributed by atoms with van der Waals surface area (Å²) >= 11 is 0. The number of nitrogens with two attached hydrogens (primary N) is 1. The molecule has 5 heteroatoms. The Hall–Kier alpha value is -0.810. The Balaban J connectivity index is 2.23. The molecule has 5 nitrogen and oxygen atoms in total. The number of ether oxygens (including phenoxy) is 1. The molecule has 0 aliphatic heterocycles. The molecular formula is C13H28N4O. The Morgan fingerprint density at radius 3 is 2.67 bits per heavy atom. The van der Waals surface area contributed by atoms with Crippen LogP contribution in [0.15, 0.2) is 4.99 Å². The minimum atomic E-state index is 0.426. The standard InChI is InChI=1S/C13H28N4O/c1-4-18-9-5-8-15-12(17-14)16-10-13(6-7-13)11(2)3/h11H,4-10,14H2,1-3H3,(H2,15,16,17). The van der Waals surface area contributed by atoms with Crippen LogP contribution in [0.1, 0.15) is 40.0 Å². The number of nitrogens with one attached hydrogen (secondary N) is 2. The summed E-state index contributed by atoms with van der Waals surface area (Å²) in [5.74, 6) is 6.85. The lowest BCUT2D eigenvalue weighted by Gasteiger charge is -2.18. The van der Waals surface area contributed by atoms with E-state index >= 15 is 0 Å². The van der Waals surface area contributed by atoms with Crippen LogP contribution in [-0.4, -0.2) is 32.3 Å². The molecule has 106 valence electrons. The van der Waals surface area contributed by atoms with Gasteiger partial charge in [0, 0.05) is 26.3 Å². The summed E-state index contributed by atoms with van der Waals surface area (Å²) in [6, 6.07) is 0. The molecule has 0 atom stereocenters. The van der Waals surface area contributed by atoms with Crippen LogP contribution < -0.4 is 16.6 Å². The lowest BCUT2D eigenvalue weighted by Crippen LogP contribution is -2.42. The van der Waals surface area contributed by atoms with Crippen LogP contribution in [0.25, 0.3) is 0 Å². The zero-order chi connectivity index (χ0) is 13.4. The minimum absolute atomic E-state index is 0.426. The summed E-state index contributed by atoms with van der Waals surface area (Å²) in [6.45, 7) is 9.79. The quantitative estimate of drug-likeness (QED) is 0.201. The highest BCUT2D eigenvalue weighted by Crippen LogP contribution is 2.51.